The predicted molar refractivity (Wildman–Crippen MR) is 90.7 cm³/mol. The molecular weight excluding hydrogens is 288 g/mol. The van der Waals surface area contributed by atoms with Crippen molar-refractivity contribution in [1.29, 1.82) is 0 Å². The van der Waals surface area contributed by atoms with Crippen molar-refractivity contribution in [3.63, 3.8) is 0 Å². The van der Waals surface area contributed by atoms with Gasteiger partial charge in [0.25, 0.3) is 0 Å². The molecule has 1 heterocycles. The second-order valence-corrected chi connectivity index (χ2v) is 8.40. The molecule has 1 N–H and O–H groups in total. The molecule has 0 saturated heterocycles. The summed E-state index contributed by atoms with van der Waals surface area (Å²) in [5.41, 5.74) is 1.84. The van der Waals surface area contributed by atoms with Crippen molar-refractivity contribution in [2.45, 2.75) is 52.6 Å². The zero-order chi connectivity index (χ0) is 16.8. The zero-order valence-electron chi connectivity index (χ0n) is 14.5. The fourth-order valence-electron chi connectivity index (χ4n) is 5.46. The molecule has 3 heteroatoms. The van der Waals surface area contributed by atoms with E-state index in [2.05, 4.69) is 33.4 Å². The molecule has 3 nitrogen and oxygen atoms in total. The summed E-state index contributed by atoms with van der Waals surface area (Å²) in [6.45, 7) is 11.3. The fraction of sp³-hybridized carbons (Fsp3) is 0.650. The van der Waals surface area contributed by atoms with Crippen molar-refractivity contribution >= 4 is 5.78 Å². The monoisotopic (exact) mass is 316 g/mol. The molecule has 126 valence electrons. The van der Waals surface area contributed by atoms with Crippen LogP contribution in [-0.2, 0) is 9.53 Å². The molecule has 2 saturated carbocycles. The summed E-state index contributed by atoms with van der Waals surface area (Å²) in [5.74, 6) is 0.492. The Labute approximate surface area is 139 Å². The van der Waals surface area contributed by atoms with Crippen LogP contribution in [0.5, 0.6) is 0 Å². The van der Waals surface area contributed by atoms with Crippen LogP contribution in [0.15, 0.2) is 36.1 Å². The molecular formula is C20H28O3. The van der Waals surface area contributed by atoms with E-state index in [4.69, 9.17) is 4.74 Å². The number of Topliss-reactive ketones (excluding diaryl/α,β-unsaturated/α-hetero) is 1. The first-order chi connectivity index (χ1) is 10.8. The number of aliphatic hydroxyl groups excluding tert-OH is 1. The predicted octanol–water partition coefficient (Wildman–Crippen LogP) is 3.80. The van der Waals surface area contributed by atoms with Gasteiger partial charge in [-0.3, -0.25) is 4.79 Å². The molecule has 0 aromatic rings. The van der Waals surface area contributed by atoms with Gasteiger partial charge in [-0.1, -0.05) is 51.5 Å². The lowest BCUT2D eigenvalue weighted by atomic mass is 9.47. The van der Waals surface area contributed by atoms with E-state index in [9.17, 15) is 9.90 Å². The van der Waals surface area contributed by atoms with E-state index in [1.54, 1.807) is 6.26 Å². The number of rotatable bonds is 2. The highest BCUT2D eigenvalue weighted by Crippen LogP contribution is 2.61. The SMILES string of the molecule is C=C1CC(O)C2C(C)(C)CCCC2(C)C1C=CC1=COCC1=O. The minimum absolute atomic E-state index is 0.00390. The van der Waals surface area contributed by atoms with Gasteiger partial charge >= 0.3 is 0 Å². The minimum atomic E-state index is -0.317. The Hall–Kier alpha value is -1.35. The number of allylic oxidation sites excluding steroid dienone is 2. The van der Waals surface area contributed by atoms with E-state index < -0.39 is 0 Å². The molecule has 4 unspecified atom stereocenters. The van der Waals surface area contributed by atoms with E-state index in [0.29, 0.717) is 12.0 Å². The molecule has 0 amide bonds. The lowest BCUT2D eigenvalue weighted by Gasteiger charge is -2.59. The summed E-state index contributed by atoms with van der Waals surface area (Å²) in [6, 6.07) is 0. The second-order valence-electron chi connectivity index (χ2n) is 8.40. The molecule has 4 atom stereocenters. The molecule has 0 spiro atoms. The highest BCUT2D eigenvalue weighted by molar-refractivity contribution is 6.00. The molecule has 0 bridgehead atoms. The number of aliphatic hydroxyl groups is 1. The average molecular weight is 316 g/mol. The van der Waals surface area contributed by atoms with Gasteiger partial charge in [0.2, 0.25) is 5.78 Å². The van der Waals surface area contributed by atoms with Crippen molar-refractivity contribution in [3.8, 4) is 0 Å². The molecule has 0 radical (unpaired) electrons. The number of hydrogen-bond donors (Lipinski definition) is 1. The van der Waals surface area contributed by atoms with E-state index in [1.165, 1.54) is 6.42 Å². The summed E-state index contributed by atoms with van der Waals surface area (Å²) in [4.78, 5) is 11.7. The highest BCUT2D eigenvalue weighted by atomic mass is 16.5. The number of carbonyl (C=O) groups is 1. The molecule has 23 heavy (non-hydrogen) atoms. The largest absolute Gasteiger partial charge is 0.492 e. The smallest absolute Gasteiger partial charge is 0.203 e. The van der Waals surface area contributed by atoms with Crippen molar-refractivity contribution in [2.75, 3.05) is 6.61 Å². The topological polar surface area (TPSA) is 46.5 Å². The van der Waals surface area contributed by atoms with Crippen molar-refractivity contribution in [2.24, 2.45) is 22.7 Å². The first-order valence-corrected chi connectivity index (χ1v) is 8.64. The summed E-state index contributed by atoms with van der Waals surface area (Å²) in [7, 11) is 0. The standard InChI is InChI=1S/C20H28O3/c1-13-10-16(21)18-19(2,3)8-5-9-20(18,4)15(13)7-6-14-11-23-12-17(14)22/h6-7,11,15-16,18,21H,1,5,8-10,12H2,2-4H3. The number of ketones is 1. The van der Waals surface area contributed by atoms with Gasteiger partial charge < -0.3 is 9.84 Å². The van der Waals surface area contributed by atoms with Crippen LogP contribution in [0.1, 0.15) is 46.5 Å². The maximum Gasteiger partial charge on any atom is 0.203 e. The minimum Gasteiger partial charge on any atom is -0.492 e. The Morgan fingerprint density at radius 1 is 1.35 bits per heavy atom. The Balaban J connectivity index is 1.93. The average Bonchev–Trinajstić information content (AvgIpc) is 2.82. The van der Waals surface area contributed by atoms with Crippen LogP contribution in [0.3, 0.4) is 0 Å². The third-order valence-corrected chi connectivity index (χ3v) is 6.31. The van der Waals surface area contributed by atoms with E-state index in [-0.39, 0.29) is 41.2 Å². The number of ether oxygens (including phenoxy) is 1. The number of fused-ring (bicyclic) bond motifs is 1. The van der Waals surface area contributed by atoms with Crippen LogP contribution in [0.4, 0.5) is 0 Å². The lowest BCUT2D eigenvalue weighted by Crippen LogP contribution is -2.55. The fourth-order valence-corrected chi connectivity index (χ4v) is 5.46. The van der Waals surface area contributed by atoms with Crippen LogP contribution < -0.4 is 0 Å². The molecule has 2 aliphatic carbocycles. The van der Waals surface area contributed by atoms with E-state index in [0.717, 1.165) is 18.4 Å². The molecule has 2 fully saturated rings. The first-order valence-electron chi connectivity index (χ1n) is 8.64. The van der Waals surface area contributed by atoms with Gasteiger partial charge in [-0.15, -0.1) is 0 Å². The van der Waals surface area contributed by atoms with Gasteiger partial charge in [-0.05, 0) is 36.0 Å². The summed E-state index contributed by atoms with van der Waals surface area (Å²) >= 11 is 0. The van der Waals surface area contributed by atoms with Crippen LogP contribution in [0.2, 0.25) is 0 Å². The van der Waals surface area contributed by atoms with Gasteiger partial charge in [0.15, 0.2) is 6.61 Å². The molecule has 0 aromatic heterocycles. The van der Waals surface area contributed by atoms with Crippen molar-refractivity contribution < 1.29 is 14.6 Å². The molecule has 1 aliphatic heterocycles. The number of carbonyl (C=O) groups excluding carboxylic acids is 1. The Morgan fingerprint density at radius 2 is 2.09 bits per heavy atom. The molecule has 0 aromatic carbocycles. The van der Waals surface area contributed by atoms with Crippen LogP contribution >= 0.6 is 0 Å². The third kappa shape index (κ3) is 2.69. The van der Waals surface area contributed by atoms with Gasteiger partial charge in [-0.25, -0.2) is 0 Å². The quantitative estimate of drug-likeness (QED) is 0.788. The second kappa shape index (κ2) is 5.62. The van der Waals surface area contributed by atoms with Crippen molar-refractivity contribution in [1.82, 2.24) is 0 Å². The Bertz CT molecular complexity index is 584. The summed E-state index contributed by atoms with van der Waals surface area (Å²) in [5, 5.41) is 10.7. The molecule has 3 rings (SSSR count). The Morgan fingerprint density at radius 3 is 2.74 bits per heavy atom. The van der Waals surface area contributed by atoms with Crippen LogP contribution in [0.25, 0.3) is 0 Å². The Kier molecular flexibility index (Phi) is 4.04. The van der Waals surface area contributed by atoms with Crippen molar-refractivity contribution in [3.05, 3.63) is 36.1 Å². The van der Waals surface area contributed by atoms with Gasteiger partial charge in [0, 0.05) is 5.92 Å². The highest BCUT2D eigenvalue weighted by Gasteiger charge is 2.55. The third-order valence-electron chi connectivity index (χ3n) is 6.31. The maximum atomic E-state index is 11.7. The van der Waals surface area contributed by atoms with Gasteiger partial charge in [-0.2, -0.15) is 0 Å². The molecule has 3 aliphatic rings. The summed E-state index contributed by atoms with van der Waals surface area (Å²) in [6.07, 6.45) is 9.33. The van der Waals surface area contributed by atoms with Crippen LogP contribution in [0, 0.1) is 22.7 Å². The maximum absolute atomic E-state index is 11.7. The number of hydrogen-bond acceptors (Lipinski definition) is 3. The van der Waals surface area contributed by atoms with Gasteiger partial charge in [0.1, 0.15) is 0 Å². The van der Waals surface area contributed by atoms with E-state index in [1.807, 2.05) is 6.08 Å². The lowest BCUT2D eigenvalue weighted by molar-refractivity contribution is -0.116. The zero-order valence-corrected chi connectivity index (χ0v) is 14.5. The van der Waals surface area contributed by atoms with Crippen LogP contribution in [-0.4, -0.2) is 23.6 Å². The summed E-state index contributed by atoms with van der Waals surface area (Å²) < 4.78 is 5.09. The normalized spacial score (nSPS) is 40.0. The van der Waals surface area contributed by atoms with E-state index >= 15 is 0 Å². The first kappa shape index (κ1) is 16.5. The van der Waals surface area contributed by atoms with Gasteiger partial charge in [0.05, 0.1) is 17.9 Å².